The minimum Gasteiger partial charge on any atom is -0.388 e. The van der Waals surface area contributed by atoms with E-state index in [2.05, 4.69) is 26.5 Å². The first-order valence-corrected chi connectivity index (χ1v) is 7.75. The maximum atomic E-state index is 11.7. The maximum absolute atomic E-state index is 11.7. The molecule has 0 radical (unpaired) electrons. The Balaban J connectivity index is 1.76. The standard InChI is InChI=1S/C17H17BrN2O2/c18-15-8-4-5-13(11-15)12-19-20-17(22)10-9-16(21)14-6-2-1-3-7-14/h1-8,11-12,16,21H,9-10H2,(H,20,22). The zero-order valence-electron chi connectivity index (χ0n) is 11.9. The number of nitrogens with zero attached hydrogens (tertiary/aromatic N) is 1. The molecule has 2 N–H and O–H groups in total. The number of hydrogen-bond acceptors (Lipinski definition) is 3. The quantitative estimate of drug-likeness (QED) is 0.612. The van der Waals surface area contributed by atoms with Gasteiger partial charge in [-0.15, -0.1) is 0 Å². The number of hydrazone groups is 1. The fourth-order valence-corrected chi connectivity index (χ4v) is 2.35. The van der Waals surface area contributed by atoms with Crippen LogP contribution in [0.15, 0.2) is 64.2 Å². The van der Waals surface area contributed by atoms with Gasteiger partial charge in [0.2, 0.25) is 5.91 Å². The van der Waals surface area contributed by atoms with Crippen LogP contribution in [0.4, 0.5) is 0 Å². The van der Waals surface area contributed by atoms with E-state index in [1.54, 1.807) is 6.21 Å². The van der Waals surface area contributed by atoms with Crippen molar-refractivity contribution in [2.24, 2.45) is 5.10 Å². The Morgan fingerprint density at radius 2 is 2.00 bits per heavy atom. The zero-order chi connectivity index (χ0) is 15.8. The molecule has 0 saturated heterocycles. The largest absolute Gasteiger partial charge is 0.388 e. The molecule has 0 aliphatic heterocycles. The summed E-state index contributed by atoms with van der Waals surface area (Å²) in [5.41, 5.74) is 4.16. The van der Waals surface area contributed by atoms with E-state index in [0.717, 1.165) is 15.6 Å². The first kappa shape index (κ1) is 16.4. The van der Waals surface area contributed by atoms with E-state index < -0.39 is 6.10 Å². The van der Waals surface area contributed by atoms with Gasteiger partial charge in [0.25, 0.3) is 0 Å². The number of nitrogens with one attached hydrogen (secondary N) is 1. The average Bonchev–Trinajstić information content (AvgIpc) is 2.53. The predicted octanol–water partition coefficient (Wildman–Crippen LogP) is 3.41. The van der Waals surface area contributed by atoms with Crippen LogP contribution in [0.25, 0.3) is 0 Å². The van der Waals surface area contributed by atoms with E-state index in [0.29, 0.717) is 6.42 Å². The van der Waals surface area contributed by atoms with E-state index >= 15 is 0 Å². The lowest BCUT2D eigenvalue weighted by Crippen LogP contribution is -2.18. The minimum atomic E-state index is -0.638. The van der Waals surface area contributed by atoms with Gasteiger partial charge in [0.1, 0.15) is 0 Å². The molecule has 0 aliphatic rings. The van der Waals surface area contributed by atoms with Crippen LogP contribution in [-0.2, 0) is 4.79 Å². The molecular formula is C17H17BrN2O2. The Hall–Kier alpha value is -1.98. The van der Waals surface area contributed by atoms with Crippen LogP contribution in [0.2, 0.25) is 0 Å². The highest BCUT2D eigenvalue weighted by molar-refractivity contribution is 9.10. The summed E-state index contributed by atoms with van der Waals surface area (Å²) in [7, 11) is 0. The van der Waals surface area contributed by atoms with Crippen LogP contribution in [-0.4, -0.2) is 17.2 Å². The number of carbonyl (C=O) groups excluding carboxylic acids is 1. The Morgan fingerprint density at radius 1 is 1.23 bits per heavy atom. The number of hydrogen-bond donors (Lipinski definition) is 2. The molecule has 0 saturated carbocycles. The molecule has 2 rings (SSSR count). The zero-order valence-corrected chi connectivity index (χ0v) is 13.5. The van der Waals surface area contributed by atoms with Gasteiger partial charge >= 0.3 is 0 Å². The average molecular weight is 361 g/mol. The molecule has 1 amide bonds. The molecule has 0 aliphatic carbocycles. The molecular weight excluding hydrogens is 344 g/mol. The SMILES string of the molecule is O=C(CCC(O)c1ccccc1)NN=Cc1cccc(Br)c1. The molecule has 4 nitrogen and oxygen atoms in total. The molecule has 2 aromatic rings. The van der Waals surface area contributed by atoms with Gasteiger partial charge in [-0.1, -0.05) is 58.4 Å². The van der Waals surface area contributed by atoms with Gasteiger partial charge in [0.15, 0.2) is 0 Å². The fourth-order valence-electron chi connectivity index (χ4n) is 1.93. The summed E-state index contributed by atoms with van der Waals surface area (Å²) >= 11 is 3.37. The van der Waals surface area contributed by atoms with Gasteiger partial charge in [-0.2, -0.15) is 5.10 Å². The Morgan fingerprint density at radius 3 is 2.73 bits per heavy atom. The van der Waals surface area contributed by atoms with Gasteiger partial charge in [0.05, 0.1) is 12.3 Å². The molecule has 5 heteroatoms. The lowest BCUT2D eigenvalue weighted by molar-refractivity contribution is -0.121. The molecule has 2 aromatic carbocycles. The van der Waals surface area contributed by atoms with Crippen molar-refractivity contribution in [3.05, 3.63) is 70.2 Å². The summed E-state index contributed by atoms with van der Waals surface area (Å²) in [5, 5.41) is 13.9. The van der Waals surface area contributed by atoms with E-state index in [1.807, 2.05) is 54.6 Å². The van der Waals surface area contributed by atoms with E-state index in [-0.39, 0.29) is 12.3 Å². The molecule has 1 unspecified atom stereocenters. The third kappa shape index (κ3) is 5.42. The lowest BCUT2D eigenvalue weighted by Gasteiger charge is -2.09. The number of benzene rings is 2. The van der Waals surface area contributed by atoms with Crippen LogP contribution in [0.1, 0.15) is 30.1 Å². The van der Waals surface area contributed by atoms with Gasteiger partial charge < -0.3 is 5.11 Å². The summed E-state index contributed by atoms with van der Waals surface area (Å²) in [6.07, 6.45) is 1.52. The minimum absolute atomic E-state index is 0.214. The topological polar surface area (TPSA) is 61.7 Å². The molecule has 114 valence electrons. The van der Waals surface area contributed by atoms with Crippen molar-refractivity contribution < 1.29 is 9.90 Å². The van der Waals surface area contributed by atoms with Crippen molar-refractivity contribution in [1.29, 1.82) is 0 Å². The Labute approximate surface area is 138 Å². The summed E-state index contributed by atoms with van der Waals surface area (Å²) < 4.78 is 0.953. The number of aliphatic hydroxyl groups excluding tert-OH is 1. The van der Waals surface area contributed by atoms with Crippen molar-refractivity contribution >= 4 is 28.1 Å². The summed E-state index contributed by atoms with van der Waals surface area (Å²) in [6.45, 7) is 0. The highest BCUT2D eigenvalue weighted by atomic mass is 79.9. The van der Waals surface area contributed by atoms with Gasteiger partial charge in [-0.05, 0) is 29.7 Å². The molecule has 0 bridgehead atoms. The molecule has 22 heavy (non-hydrogen) atoms. The normalized spacial score (nSPS) is 12.3. The lowest BCUT2D eigenvalue weighted by atomic mass is 10.1. The summed E-state index contributed by atoms with van der Waals surface area (Å²) in [5.74, 6) is -0.221. The molecule has 1 atom stereocenters. The van der Waals surface area contributed by atoms with Crippen molar-refractivity contribution in [3.8, 4) is 0 Å². The van der Waals surface area contributed by atoms with Crippen molar-refractivity contribution in [2.45, 2.75) is 18.9 Å². The van der Waals surface area contributed by atoms with Gasteiger partial charge in [-0.3, -0.25) is 4.79 Å². The van der Waals surface area contributed by atoms with Crippen LogP contribution in [0.3, 0.4) is 0 Å². The highest BCUT2D eigenvalue weighted by Gasteiger charge is 2.09. The van der Waals surface area contributed by atoms with Crippen molar-refractivity contribution in [3.63, 3.8) is 0 Å². The van der Waals surface area contributed by atoms with Crippen LogP contribution < -0.4 is 5.43 Å². The van der Waals surface area contributed by atoms with E-state index in [4.69, 9.17) is 0 Å². The van der Waals surface area contributed by atoms with Crippen molar-refractivity contribution in [2.75, 3.05) is 0 Å². The fraction of sp³-hybridized carbons (Fsp3) is 0.176. The summed E-state index contributed by atoms with van der Waals surface area (Å²) in [6, 6.07) is 16.9. The van der Waals surface area contributed by atoms with Gasteiger partial charge in [0, 0.05) is 10.9 Å². The van der Waals surface area contributed by atoms with E-state index in [9.17, 15) is 9.90 Å². The third-order valence-electron chi connectivity index (χ3n) is 3.08. The smallest absolute Gasteiger partial charge is 0.240 e. The summed E-state index contributed by atoms with van der Waals surface area (Å²) in [4.78, 5) is 11.7. The van der Waals surface area contributed by atoms with Crippen molar-refractivity contribution in [1.82, 2.24) is 5.43 Å². The van der Waals surface area contributed by atoms with Crippen LogP contribution >= 0.6 is 15.9 Å². The Bertz CT molecular complexity index is 644. The Kier molecular flexibility index (Phi) is 6.30. The molecule has 0 fully saturated rings. The number of aliphatic hydroxyl groups is 1. The second kappa shape index (κ2) is 8.46. The first-order chi connectivity index (χ1) is 10.6. The van der Waals surface area contributed by atoms with Crippen LogP contribution in [0, 0.1) is 0 Å². The number of carbonyl (C=O) groups is 1. The number of amides is 1. The van der Waals surface area contributed by atoms with Gasteiger partial charge in [-0.25, -0.2) is 5.43 Å². The number of halogens is 1. The second-order valence-corrected chi connectivity index (χ2v) is 5.73. The number of rotatable bonds is 6. The molecule has 0 spiro atoms. The third-order valence-corrected chi connectivity index (χ3v) is 3.57. The monoisotopic (exact) mass is 360 g/mol. The predicted molar refractivity (Wildman–Crippen MR) is 90.5 cm³/mol. The maximum Gasteiger partial charge on any atom is 0.240 e. The molecule has 0 aromatic heterocycles. The first-order valence-electron chi connectivity index (χ1n) is 6.95. The second-order valence-electron chi connectivity index (χ2n) is 4.81. The highest BCUT2D eigenvalue weighted by Crippen LogP contribution is 2.17. The van der Waals surface area contributed by atoms with Crippen LogP contribution in [0.5, 0.6) is 0 Å². The van der Waals surface area contributed by atoms with E-state index in [1.165, 1.54) is 0 Å². The molecule has 0 heterocycles.